The van der Waals surface area contributed by atoms with E-state index in [4.69, 9.17) is 5.11 Å². The summed E-state index contributed by atoms with van der Waals surface area (Å²) in [5, 5.41) is 9.15. The highest BCUT2D eigenvalue weighted by Gasteiger charge is 2.35. The molecular weight excluding hydrogens is 202 g/mol. The Balaban J connectivity index is 2.23. The number of carboxylic acid groups (broad SMARTS) is 1. The van der Waals surface area contributed by atoms with Gasteiger partial charge in [0.05, 0.1) is 0 Å². The summed E-state index contributed by atoms with van der Waals surface area (Å²) in [6.07, 6.45) is 7.28. The summed E-state index contributed by atoms with van der Waals surface area (Å²) in [6, 6.07) is -0.230. The van der Waals surface area contributed by atoms with Crippen molar-refractivity contribution in [2.45, 2.75) is 58.4 Å². The van der Waals surface area contributed by atoms with Gasteiger partial charge < -0.3 is 5.11 Å². The van der Waals surface area contributed by atoms with Gasteiger partial charge in [0.15, 0.2) is 0 Å². The molecule has 2 atom stereocenters. The van der Waals surface area contributed by atoms with Gasteiger partial charge in [0.1, 0.15) is 6.04 Å². The van der Waals surface area contributed by atoms with E-state index in [2.05, 4.69) is 18.7 Å². The molecule has 0 bridgehead atoms. The summed E-state index contributed by atoms with van der Waals surface area (Å²) in [4.78, 5) is 13.3. The molecule has 1 heterocycles. The number of hydrogen-bond acceptors (Lipinski definition) is 2. The first kappa shape index (κ1) is 13.5. The summed E-state index contributed by atoms with van der Waals surface area (Å²) in [7, 11) is 0. The predicted octanol–water partition coefficient (Wildman–Crippen LogP) is 2.75. The number of hydrogen-bond donors (Lipinski definition) is 1. The normalized spacial score (nSPS) is 26.1. The summed E-state index contributed by atoms with van der Waals surface area (Å²) in [5.74, 6) is -0.327. The topological polar surface area (TPSA) is 40.5 Å². The molecule has 3 nitrogen and oxygen atoms in total. The van der Waals surface area contributed by atoms with Gasteiger partial charge in [-0.05, 0) is 31.8 Å². The first-order valence-electron chi connectivity index (χ1n) is 6.63. The lowest BCUT2D eigenvalue weighted by molar-refractivity contribution is -0.143. The maximum atomic E-state index is 11.1. The minimum atomic E-state index is -0.640. The number of nitrogens with zero attached hydrogens (tertiary/aromatic N) is 1. The van der Waals surface area contributed by atoms with Crippen LogP contribution < -0.4 is 0 Å². The monoisotopic (exact) mass is 227 g/mol. The van der Waals surface area contributed by atoms with Crippen LogP contribution in [-0.2, 0) is 4.79 Å². The van der Waals surface area contributed by atoms with Crippen LogP contribution in [-0.4, -0.2) is 35.1 Å². The summed E-state index contributed by atoms with van der Waals surface area (Å²) >= 11 is 0. The van der Waals surface area contributed by atoms with Crippen LogP contribution in [0.5, 0.6) is 0 Å². The summed E-state index contributed by atoms with van der Waals surface area (Å²) in [6.45, 7) is 6.19. The van der Waals surface area contributed by atoms with Crippen LogP contribution in [0.2, 0.25) is 0 Å². The van der Waals surface area contributed by atoms with E-state index in [1.165, 1.54) is 25.7 Å². The molecule has 0 saturated carbocycles. The molecule has 0 spiro atoms. The van der Waals surface area contributed by atoms with Gasteiger partial charge in [0.25, 0.3) is 0 Å². The molecule has 16 heavy (non-hydrogen) atoms. The summed E-state index contributed by atoms with van der Waals surface area (Å²) in [5.41, 5.74) is 0. The van der Waals surface area contributed by atoms with E-state index in [0.29, 0.717) is 5.92 Å². The molecule has 94 valence electrons. The molecule has 1 aliphatic rings. The fourth-order valence-electron chi connectivity index (χ4n) is 2.60. The van der Waals surface area contributed by atoms with E-state index in [1.807, 2.05) is 0 Å². The first-order chi connectivity index (χ1) is 7.66. The smallest absolute Gasteiger partial charge is 0.321 e. The Morgan fingerprint density at radius 3 is 2.62 bits per heavy atom. The SMILES string of the molecule is CCCCCCCN1CCC(C)C1C(=O)O. The van der Waals surface area contributed by atoms with Crippen LogP contribution in [0.4, 0.5) is 0 Å². The van der Waals surface area contributed by atoms with Crippen molar-refractivity contribution in [1.29, 1.82) is 0 Å². The highest BCUT2D eigenvalue weighted by atomic mass is 16.4. The number of carboxylic acids is 1. The predicted molar refractivity (Wildman–Crippen MR) is 65.5 cm³/mol. The van der Waals surface area contributed by atoms with Crippen LogP contribution in [0.3, 0.4) is 0 Å². The lowest BCUT2D eigenvalue weighted by atomic mass is 10.0. The van der Waals surface area contributed by atoms with Crippen molar-refractivity contribution in [2.75, 3.05) is 13.1 Å². The van der Waals surface area contributed by atoms with Crippen molar-refractivity contribution in [2.24, 2.45) is 5.92 Å². The van der Waals surface area contributed by atoms with Gasteiger partial charge in [-0.2, -0.15) is 0 Å². The first-order valence-corrected chi connectivity index (χ1v) is 6.63. The fraction of sp³-hybridized carbons (Fsp3) is 0.923. The van der Waals surface area contributed by atoms with Gasteiger partial charge in [-0.3, -0.25) is 9.69 Å². The van der Waals surface area contributed by atoms with Crippen LogP contribution in [0.25, 0.3) is 0 Å². The van der Waals surface area contributed by atoms with Crippen molar-refractivity contribution in [3.8, 4) is 0 Å². The van der Waals surface area contributed by atoms with Crippen molar-refractivity contribution >= 4 is 5.97 Å². The Morgan fingerprint density at radius 1 is 1.31 bits per heavy atom. The fourth-order valence-corrected chi connectivity index (χ4v) is 2.60. The van der Waals surface area contributed by atoms with Crippen LogP contribution >= 0.6 is 0 Å². The summed E-state index contributed by atoms with van der Waals surface area (Å²) < 4.78 is 0. The van der Waals surface area contributed by atoms with Crippen LogP contribution in [0, 0.1) is 5.92 Å². The highest BCUT2D eigenvalue weighted by molar-refractivity contribution is 5.74. The quantitative estimate of drug-likeness (QED) is 0.680. The molecule has 0 aliphatic carbocycles. The van der Waals surface area contributed by atoms with Crippen molar-refractivity contribution < 1.29 is 9.90 Å². The van der Waals surface area contributed by atoms with E-state index in [1.54, 1.807) is 0 Å². The number of unbranched alkanes of at least 4 members (excludes halogenated alkanes) is 4. The minimum Gasteiger partial charge on any atom is -0.480 e. The van der Waals surface area contributed by atoms with E-state index < -0.39 is 5.97 Å². The Kier molecular flexibility index (Phi) is 5.81. The zero-order valence-corrected chi connectivity index (χ0v) is 10.6. The second-order valence-electron chi connectivity index (χ2n) is 5.00. The van der Waals surface area contributed by atoms with Crippen molar-refractivity contribution in [3.05, 3.63) is 0 Å². The van der Waals surface area contributed by atoms with Crippen LogP contribution in [0.1, 0.15) is 52.4 Å². The van der Waals surface area contributed by atoms with E-state index >= 15 is 0 Å². The lowest BCUT2D eigenvalue weighted by Gasteiger charge is -2.22. The Hall–Kier alpha value is -0.570. The molecule has 0 radical (unpaired) electrons. The molecule has 1 saturated heterocycles. The van der Waals surface area contributed by atoms with E-state index in [-0.39, 0.29) is 6.04 Å². The average Bonchev–Trinajstić information content (AvgIpc) is 2.59. The third kappa shape index (κ3) is 3.78. The number of likely N-dealkylation sites (tertiary alicyclic amines) is 1. The van der Waals surface area contributed by atoms with Gasteiger partial charge in [0, 0.05) is 0 Å². The minimum absolute atomic E-state index is 0.230. The van der Waals surface area contributed by atoms with Crippen molar-refractivity contribution in [1.82, 2.24) is 4.90 Å². The van der Waals surface area contributed by atoms with Gasteiger partial charge in [-0.15, -0.1) is 0 Å². The van der Waals surface area contributed by atoms with Crippen molar-refractivity contribution in [3.63, 3.8) is 0 Å². The molecule has 1 fully saturated rings. The maximum absolute atomic E-state index is 11.1. The van der Waals surface area contributed by atoms with Gasteiger partial charge in [-0.1, -0.05) is 39.5 Å². The maximum Gasteiger partial charge on any atom is 0.321 e. The Bertz CT molecular complexity index is 218. The average molecular weight is 227 g/mol. The van der Waals surface area contributed by atoms with Gasteiger partial charge >= 0.3 is 5.97 Å². The number of carbonyl (C=O) groups is 1. The van der Waals surface area contributed by atoms with Gasteiger partial charge in [-0.25, -0.2) is 0 Å². The van der Waals surface area contributed by atoms with Gasteiger partial charge in [0.2, 0.25) is 0 Å². The molecule has 1 rings (SSSR count). The molecule has 3 heteroatoms. The zero-order chi connectivity index (χ0) is 12.0. The van der Waals surface area contributed by atoms with E-state index in [0.717, 1.165) is 25.9 Å². The second kappa shape index (κ2) is 6.89. The molecule has 0 aromatic heterocycles. The van der Waals surface area contributed by atoms with Crippen LogP contribution in [0.15, 0.2) is 0 Å². The largest absolute Gasteiger partial charge is 0.480 e. The standard InChI is InChI=1S/C13H25NO2/c1-3-4-5-6-7-9-14-10-8-11(2)12(14)13(15)16/h11-12H,3-10H2,1-2H3,(H,15,16). The zero-order valence-electron chi connectivity index (χ0n) is 10.6. The molecule has 0 amide bonds. The molecule has 1 N–H and O–H groups in total. The molecular formula is C13H25NO2. The number of rotatable bonds is 7. The highest BCUT2D eigenvalue weighted by Crippen LogP contribution is 2.24. The third-order valence-corrected chi connectivity index (χ3v) is 3.61. The third-order valence-electron chi connectivity index (χ3n) is 3.61. The Labute approximate surface area is 98.8 Å². The second-order valence-corrected chi connectivity index (χ2v) is 5.00. The van der Waals surface area contributed by atoms with E-state index in [9.17, 15) is 4.79 Å². The molecule has 1 aliphatic heterocycles. The molecule has 2 unspecified atom stereocenters. The molecule has 0 aromatic carbocycles. The lowest BCUT2D eigenvalue weighted by Crippen LogP contribution is -2.39. The molecule has 0 aromatic rings. The Morgan fingerprint density at radius 2 is 2.00 bits per heavy atom. The number of aliphatic carboxylic acids is 1.